The summed E-state index contributed by atoms with van der Waals surface area (Å²) < 4.78 is 5.31. The van der Waals surface area contributed by atoms with Crippen molar-refractivity contribution in [2.45, 2.75) is 32.1 Å². The Morgan fingerprint density at radius 2 is 2.17 bits per heavy atom. The van der Waals surface area contributed by atoms with E-state index in [0.717, 1.165) is 38.9 Å². The first-order valence-corrected chi connectivity index (χ1v) is 4.98. The number of hydrogen-bond donors (Lipinski definition) is 0. The van der Waals surface area contributed by atoms with E-state index in [4.69, 9.17) is 4.74 Å². The lowest BCUT2D eigenvalue weighted by molar-refractivity contribution is -0.126. The maximum atomic E-state index is 11.5. The monoisotopic (exact) mass is 168 g/mol. The maximum absolute atomic E-state index is 11.5. The van der Waals surface area contributed by atoms with Gasteiger partial charge in [-0.2, -0.15) is 0 Å². The zero-order valence-electron chi connectivity index (χ0n) is 7.42. The smallest absolute Gasteiger partial charge is 0.136 e. The van der Waals surface area contributed by atoms with Crippen LogP contribution < -0.4 is 0 Å². The van der Waals surface area contributed by atoms with Gasteiger partial charge in [-0.1, -0.05) is 6.42 Å². The lowest BCUT2D eigenvalue weighted by Gasteiger charge is -2.24. The highest BCUT2D eigenvalue weighted by Crippen LogP contribution is 2.31. The topological polar surface area (TPSA) is 26.3 Å². The van der Waals surface area contributed by atoms with Crippen LogP contribution in [0.3, 0.4) is 0 Å². The zero-order valence-corrected chi connectivity index (χ0v) is 7.42. The van der Waals surface area contributed by atoms with Crippen molar-refractivity contribution in [1.82, 2.24) is 0 Å². The van der Waals surface area contributed by atoms with E-state index in [1.165, 1.54) is 6.42 Å². The molecule has 0 bridgehead atoms. The average molecular weight is 168 g/mol. The molecule has 2 fully saturated rings. The Hall–Kier alpha value is -0.370. The molecule has 0 aromatic heterocycles. The molecule has 0 spiro atoms. The summed E-state index contributed by atoms with van der Waals surface area (Å²) in [5, 5.41) is 0. The van der Waals surface area contributed by atoms with E-state index >= 15 is 0 Å². The quantitative estimate of drug-likeness (QED) is 0.596. The van der Waals surface area contributed by atoms with Gasteiger partial charge in [0.2, 0.25) is 0 Å². The molecule has 0 amide bonds. The van der Waals surface area contributed by atoms with Crippen LogP contribution in [0.25, 0.3) is 0 Å². The van der Waals surface area contributed by atoms with Gasteiger partial charge in [-0.05, 0) is 25.2 Å². The van der Waals surface area contributed by atoms with Gasteiger partial charge in [0, 0.05) is 18.9 Å². The summed E-state index contributed by atoms with van der Waals surface area (Å²) in [6, 6.07) is 0. The van der Waals surface area contributed by atoms with Crippen LogP contribution in [-0.2, 0) is 9.53 Å². The predicted octanol–water partition coefficient (Wildman–Crippen LogP) is 1.78. The first kappa shape index (κ1) is 8.24. The third-order valence-electron chi connectivity index (χ3n) is 3.14. The molecule has 2 heteroatoms. The zero-order chi connectivity index (χ0) is 8.39. The van der Waals surface area contributed by atoms with E-state index in [2.05, 4.69) is 0 Å². The fourth-order valence-electron chi connectivity index (χ4n) is 2.38. The van der Waals surface area contributed by atoms with Crippen molar-refractivity contribution < 1.29 is 9.53 Å². The number of Topliss-reactive ketones (excluding diaryl/α,β-unsaturated/α-hetero) is 1. The predicted molar refractivity (Wildman–Crippen MR) is 45.9 cm³/mol. The molecule has 0 radical (unpaired) electrons. The number of hydrogen-bond acceptors (Lipinski definition) is 2. The van der Waals surface area contributed by atoms with Crippen LogP contribution in [0.1, 0.15) is 32.1 Å². The highest BCUT2D eigenvalue weighted by molar-refractivity contribution is 5.81. The van der Waals surface area contributed by atoms with E-state index in [0.29, 0.717) is 17.6 Å². The molecule has 0 aromatic carbocycles. The molecular formula is C10H16O2. The molecule has 2 rings (SSSR count). The Morgan fingerprint density at radius 3 is 2.83 bits per heavy atom. The fraction of sp³-hybridized carbons (Fsp3) is 0.900. The molecule has 2 atom stereocenters. The van der Waals surface area contributed by atoms with Crippen LogP contribution in [0, 0.1) is 11.8 Å². The van der Waals surface area contributed by atoms with Gasteiger partial charge in [0.25, 0.3) is 0 Å². The molecular weight excluding hydrogens is 152 g/mol. The van der Waals surface area contributed by atoms with Gasteiger partial charge < -0.3 is 4.74 Å². The lowest BCUT2D eigenvalue weighted by Crippen LogP contribution is -2.27. The molecule has 1 aliphatic heterocycles. The van der Waals surface area contributed by atoms with Gasteiger partial charge in [-0.3, -0.25) is 4.79 Å². The van der Waals surface area contributed by atoms with Gasteiger partial charge in [0.15, 0.2) is 0 Å². The summed E-state index contributed by atoms with van der Waals surface area (Å²) >= 11 is 0. The molecule has 68 valence electrons. The second-order valence-electron chi connectivity index (χ2n) is 3.94. The third-order valence-corrected chi connectivity index (χ3v) is 3.14. The number of carbonyl (C=O) groups is 1. The Bertz CT molecular complexity index is 171. The van der Waals surface area contributed by atoms with Crippen molar-refractivity contribution in [1.29, 1.82) is 0 Å². The molecule has 1 aliphatic carbocycles. The number of ketones is 1. The van der Waals surface area contributed by atoms with Crippen LogP contribution in [-0.4, -0.2) is 19.0 Å². The van der Waals surface area contributed by atoms with Crippen molar-refractivity contribution in [3.63, 3.8) is 0 Å². The number of carbonyl (C=O) groups excluding carboxylic acids is 1. The lowest BCUT2D eigenvalue weighted by atomic mass is 9.79. The van der Waals surface area contributed by atoms with Crippen molar-refractivity contribution in [2.24, 2.45) is 11.8 Å². The van der Waals surface area contributed by atoms with Gasteiger partial charge in [0.1, 0.15) is 5.78 Å². The SMILES string of the molecule is O=C1CCCC[C@H]1[C@@H]1CCOC1. The summed E-state index contributed by atoms with van der Waals surface area (Å²) in [6.07, 6.45) is 5.40. The van der Waals surface area contributed by atoms with E-state index < -0.39 is 0 Å². The minimum atomic E-state index is 0.348. The standard InChI is InChI=1S/C10H16O2/c11-10-4-2-1-3-9(10)8-5-6-12-7-8/h8-9H,1-7H2/t8-,9+/m1/s1. The Balaban J connectivity index is 1.95. The molecule has 1 saturated heterocycles. The largest absolute Gasteiger partial charge is 0.381 e. The first-order valence-electron chi connectivity index (χ1n) is 4.98. The van der Waals surface area contributed by atoms with Gasteiger partial charge in [-0.15, -0.1) is 0 Å². The normalized spacial score (nSPS) is 37.2. The molecule has 0 aromatic rings. The van der Waals surface area contributed by atoms with E-state index in [-0.39, 0.29) is 0 Å². The number of ether oxygens (including phenoxy) is 1. The van der Waals surface area contributed by atoms with Gasteiger partial charge >= 0.3 is 0 Å². The Morgan fingerprint density at radius 1 is 1.25 bits per heavy atom. The number of rotatable bonds is 1. The average Bonchev–Trinajstić information content (AvgIpc) is 2.57. The van der Waals surface area contributed by atoms with E-state index in [9.17, 15) is 4.79 Å². The summed E-state index contributed by atoms with van der Waals surface area (Å²) in [5.41, 5.74) is 0. The molecule has 1 saturated carbocycles. The third kappa shape index (κ3) is 1.53. The Labute approximate surface area is 73.3 Å². The highest BCUT2D eigenvalue weighted by atomic mass is 16.5. The second-order valence-corrected chi connectivity index (χ2v) is 3.94. The Kier molecular flexibility index (Phi) is 2.45. The fourth-order valence-corrected chi connectivity index (χ4v) is 2.38. The van der Waals surface area contributed by atoms with Crippen LogP contribution in [0.2, 0.25) is 0 Å². The van der Waals surface area contributed by atoms with Crippen molar-refractivity contribution >= 4 is 5.78 Å². The van der Waals surface area contributed by atoms with Crippen molar-refractivity contribution in [2.75, 3.05) is 13.2 Å². The van der Waals surface area contributed by atoms with E-state index in [1.54, 1.807) is 0 Å². The molecule has 12 heavy (non-hydrogen) atoms. The second kappa shape index (κ2) is 3.56. The minimum absolute atomic E-state index is 0.348. The summed E-state index contributed by atoms with van der Waals surface area (Å²) in [5.74, 6) is 1.40. The molecule has 2 nitrogen and oxygen atoms in total. The van der Waals surface area contributed by atoms with Gasteiger partial charge in [0.05, 0.1) is 6.61 Å². The molecule has 2 aliphatic rings. The van der Waals surface area contributed by atoms with Crippen molar-refractivity contribution in [3.05, 3.63) is 0 Å². The molecule has 0 N–H and O–H groups in total. The van der Waals surface area contributed by atoms with Crippen LogP contribution in [0.5, 0.6) is 0 Å². The maximum Gasteiger partial charge on any atom is 0.136 e. The van der Waals surface area contributed by atoms with Crippen LogP contribution in [0.4, 0.5) is 0 Å². The minimum Gasteiger partial charge on any atom is -0.381 e. The van der Waals surface area contributed by atoms with E-state index in [1.807, 2.05) is 0 Å². The van der Waals surface area contributed by atoms with Crippen molar-refractivity contribution in [3.8, 4) is 0 Å². The summed E-state index contributed by atoms with van der Waals surface area (Å²) in [7, 11) is 0. The molecule has 0 unspecified atom stereocenters. The van der Waals surface area contributed by atoms with Crippen LogP contribution in [0.15, 0.2) is 0 Å². The van der Waals surface area contributed by atoms with Gasteiger partial charge in [-0.25, -0.2) is 0 Å². The first-order chi connectivity index (χ1) is 5.88. The summed E-state index contributed by atoms with van der Waals surface area (Å²) in [4.78, 5) is 11.5. The van der Waals surface area contributed by atoms with Crippen LogP contribution >= 0.6 is 0 Å². The molecule has 1 heterocycles. The summed E-state index contributed by atoms with van der Waals surface area (Å²) in [6.45, 7) is 1.70. The highest BCUT2D eigenvalue weighted by Gasteiger charge is 2.32.